The molecule has 0 aliphatic heterocycles. The predicted octanol–water partition coefficient (Wildman–Crippen LogP) is 2.74. The van der Waals surface area contributed by atoms with E-state index in [0.717, 1.165) is 0 Å². The Bertz CT molecular complexity index is 476. The summed E-state index contributed by atoms with van der Waals surface area (Å²) >= 11 is 0. The van der Waals surface area contributed by atoms with Gasteiger partial charge in [0.05, 0.1) is 5.41 Å². The molecular weight excluding hydrogens is 509 g/mol. The van der Waals surface area contributed by atoms with Crippen molar-refractivity contribution in [3.63, 3.8) is 0 Å². The van der Waals surface area contributed by atoms with Gasteiger partial charge in [-0.15, -0.1) is 0 Å². The molecule has 0 aliphatic carbocycles. The summed E-state index contributed by atoms with van der Waals surface area (Å²) < 4.78 is 15.5. The van der Waals surface area contributed by atoms with Gasteiger partial charge in [0.2, 0.25) is 0 Å². The van der Waals surface area contributed by atoms with Crippen LogP contribution in [0.25, 0.3) is 0 Å². The molecule has 0 amide bonds. The summed E-state index contributed by atoms with van der Waals surface area (Å²) in [6.07, 6.45) is 0.448. The fourth-order valence-corrected chi connectivity index (χ4v) is 1.46. The molecule has 1 radical (unpaired) electrons. The Labute approximate surface area is 164 Å². The van der Waals surface area contributed by atoms with Crippen molar-refractivity contribution in [2.45, 2.75) is 34.1 Å². The quantitative estimate of drug-likeness (QED) is 0.185. The van der Waals surface area contributed by atoms with Gasteiger partial charge in [0, 0.05) is 39.1 Å². The standard InChI is InChI=1S/C18H26O6.Au/c1-8-18(9-22-15(19)12(2)3,10-23-16(20)13(4)5)11-24-17(21)14(6)7;/h2,4,6,8-11H2,1,3,5,7H3;. The Morgan fingerprint density at radius 2 is 0.960 bits per heavy atom. The van der Waals surface area contributed by atoms with E-state index < -0.39 is 23.3 Å². The zero-order valence-corrected chi connectivity index (χ0v) is 17.4. The van der Waals surface area contributed by atoms with Crippen LogP contribution in [0.2, 0.25) is 0 Å². The van der Waals surface area contributed by atoms with Crippen LogP contribution in [-0.4, -0.2) is 37.7 Å². The normalized spacial score (nSPS) is 10.1. The van der Waals surface area contributed by atoms with E-state index in [1.807, 2.05) is 6.92 Å². The minimum absolute atomic E-state index is 0. The minimum atomic E-state index is -0.860. The molecule has 0 aliphatic rings. The zero-order chi connectivity index (χ0) is 18.9. The van der Waals surface area contributed by atoms with Gasteiger partial charge >= 0.3 is 17.9 Å². The van der Waals surface area contributed by atoms with Crippen LogP contribution in [-0.2, 0) is 51.0 Å². The van der Waals surface area contributed by atoms with Crippen LogP contribution >= 0.6 is 0 Å². The van der Waals surface area contributed by atoms with Crippen molar-refractivity contribution in [3.05, 3.63) is 36.5 Å². The van der Waals surface area contributed by atoms with Crippen molar-refractivity contribution >= 4 is 17.9 Å². The number of carbonyl (C=O) groups excluding carboxylic acids is 3. The van der Waals surface area contributed by atoms with Crippen LogP contribution in [0.1, 0.15) is 34.1 Å². The maximum absolute atomic E-state index is 11.6. The van der Waals surface area contributed by atoms with E-state index in [0.29, 0.717) is 6.42 Å². The van der Waals surface area contributed by atoms with E-state index in [-0.39, 0.29) is 58.9 Å². The van der Waals surface area contributed by atoms with Gasteiger partial charge in [0.25, 0.3) is 0 Å². The van der Waals surface area contributed by atoms with Gasteiger partial charge in [-0.2, -0.15) is 0 Å². The molecule has 6 nitrogen and oxygen atoms in total. The second-order valence-electron chi connectivity index (χ2n) is 5.92. The molecule has 7 heteroatoms. The molecule has 0 heterocycles. The molecule has 0 aromatic rings. The number of rotatable bonds is 10. The van der Waals surface area contributed by atoms with Crippen LogP contribution in [0.4, 0.5) is 0 Å². The van der Waals surface area contributed by atoms with Gasteiger partial charge in [-0.25, -0.2) is 14.4 Å². The van der Waals surface area contributed by atoms with Gasteiger partial charge in [-0.05, 0) is 27.2 Å². The van der Waals surface area contributed by atoms with Gasteiger partial charge in [0.15, 0.2) is 0 Å². The largest absolute Gasteiger partial charge is 0.461 e. The molecule has 0 aromatic carbocycles. The van der Waals surface area contributed by atoms with E-state index in [9.17, 15) is 14.4 Å². The SMILES string of the molecule is C=C(C)C(=O)OCC(CC)(COC(=O)C(=C)C)COC(=O)C(=C)C.[Au]. The number of esters is 3. The summed E-state index contributed by atoms with van der Waals surface area (Å²) in [5.74, 6) is -1.69. The maximum atomic E-state index is 11.6. The summed E-state index contributed by atoms with van der Waals surface area (Å²) in [5.41, 5.74) is -0.116. The Morgan fingerprint density at radius 3 is 1.12 bits per heavy atom. The second kappa shape index (κ2) is 11.8. The average Bonchev–Trinajstić information content (AvgIpc) is 2.53. The first-order valence-electron chi connectivity index (χ1n) is 7.52. The average molecular weight is 535 g/mol. The first-order chi connectivity index (χ1) is 11.0. The van der Waals surface area contributed by atoms with Crippen molar-refractivity contribution in [2.24, 2.45) is 5.41 Å². The molecule has 0 N–H and O–H groups in total. The van der Waals surface area contributed by atoms with Gasteiger partial charge in [-0.3, -0.25) is 0 Å². The Morgan fingerprint density at radius 1 is 0.720 bits per heavy atom. The van der Waals surface area contributed by atoms with Crippen molar-refractivity contribution in [1.29, 1.82) is 0 Å². The molecule has 0 spiro atoms. The fraction of sp³-hybridized carbons (Fsp3) is 0.500. The maximum Gasteiger partial charge on any atom is 0.333 e. The van der Waals surface area contributed by atoms with Gasteiger partial charge < -0.3 is 14.2 Å². The molecule has 0 rings (SSSR count). The molecular formula is C18H26AuO6. The van der Waals surface area contributed by atoms with Crippen molar-refractivity contribution < 1.29 is 51.0 Å². The summed E-state index contributed by atoms with van der Waals surface area (Å²) in [5, 5.41) is 0. The number of carbonyl (C=O) groups is 3. The van der Waals surface area contributed by atoms with Crippen molar-refractivity contribution in [1.82, 2.24) is 0 Å². The Kier molecular flexibility index (Phi) is 12.1. The molecule has 0 aromatic heterocycles. The molecule has 0 fully saturated rings. The minimum Gasteiger partial charge on any atom is -0.461 e. The van der Waals surface area contributed by atoms with E-state index in [1.165, 1.54) is 20.8 Å². The molecule has 0 bridgehead atoms. The summed E-state index contributed by atoms with van der Waals surface area (Å²) in [4.78, 5) is 34.9. The monoisotopic (exact) mass is 535 g/mol. The van der Waals surface area contributed by atoms with E-state index in [4.69, 9.17) is 14.2 Å². The van der Waals surface area contributed by atoms with Crippen LogP contribution in [0.5, 0.6) is 0 Å². The fourth-order valence-electron chi connectivity index (χ4n) is 1.46. The molecule has 0 unspecified atom stereocenters. The Hall–Kier alpha value is -1.63. The smallest absolute Gasteiger partial charge is 0.333 e. The molecule has 0 saturated carbocycles. The van der Waals surface area contributed by atoms with E-state index in [2.05, 4.69) is 19.7 Å². The van der Waals surface area contributed by atoms with Crippen molar-refractivity contribution in [2.75, 3.05) is 19.8 Å². The summed E-state index contributed by atoms with van der Waals surface area (Å²) in [7, 11) is 0. The first-order valence-corrected chi connectivity index (χ1v) is 7.52. The van der Waals surface area contributed by atoms with Crippen LogP contribution in [0.3, 0.4) is 0 Å². The van der Waals surface area contributed by atoms with Gasteiger partial charge in [-0.1, -0.05) is 26.7 Å². The predicted molar refractivity (Wildman–Crippen MR) is 90.0 cm³/mol. The number of hydrogen-bond acceptors (Lipinski definition) is 6. The second-order valence-corrected chi connectivity index (χ2v) is 5.92. The van der Waals surface area contributed by atoms with Crippen LogP contribution in [0.15, 0.2) is 36.5 Å². The van der Waals surface area contributed by atoms with Crippen LogP contribution < -0.4 is 0 Å². The zero-order valence-electron chi connectivity index (χ0n) is 15.2. The number of ether oxygens (including phenoxy) is 3. The number of hydrogen-bond donors (Lipinski definition) is 0. The van der Waals surface area contributed by atoms with Crippen LogP contribution in [0, 0.1) is 5.41 Å². The third-order valence-corrected chi connectivity index (χ3v) is 3.32. The Balaban J connectivity index is 0. The third-order valence-electron chi connectivity index (χ3n) is 3.32. The van der Waals surface area contributed by atoms with E-state index in [1.54, 1.807) is 0 Å². The molecule has 0 saturated heterocycles. The topological polar surface area (TPSA) is 78.9 Å². The van der Waals surface area contributed by atoms with Gasteiger partial charge in [0.1, 0.15) is 19.8 Å². The first kappa shape index (κ1) is 25.6. The van der Waals surface area contributed by atoms with Crippen molar-refractivity contribution in [3.8, 4) is 0 Å². The summed E-state index contributed by atoms with van der Waals surface area (Å²) in [6.45, 7) is 16.7. The molecule has 145 valence electrons. The molecule has 0 atom stereocenters. The summed E-state index contributed by atoms with van der Waals surface area (Å²) in [6, 6.07) is 0. The van der Waals surface area contributed by atoms with E-state index >= 15 is 0 Å². The molecule has 25 heavy (non-hydrogen) atoms. The third kappa shape index (κ3) is 9.43.